The molecule has 0 saturated carbocycles. The lowest BCUT2D eigenvalue weighted by Gasteiger charge is -2.20. The smallest absolute Gasteiger partial charge is 0.119 e. The number of hydrogen-bond donors (Lipinski definition) is 2. The van der Waals surface area contributed by atoms with Crippen LogP contribution >= 0.6 is 0 Å². The first-order valence-electron chi connectivity index (χ1n) is 6.97. The van der Waals surface area contributed by atoms with Crippen molar-refractivity contribution in [2.24, 2.45) is 5.84 Å². The summed E-state index contributed by atoms with van der Waals surface area (Å²) in [6.07, 6.45) is 4.83. The second-order valence-corrected chi connectivity index (χ2v) is 5.15. The van der Waals surface area contributed by atoms with E-state index in [0.29, 0.717) is 6.10 Å². The molecule has 0 aromatic heterocycles. The predicted molar refractivity (Wildman–Crippen MR) is 76.0 cm³/mol. The Morgan fingerprint density at radius 2 is 2.37 bits per heavy atom. The number of hydrogen-bond acceptors (Lipinski definition) is 4. The van der Waals surface area contributed by atoms with E-state index in [1.54, 1.807) is 7.11 Å². The Bertz CT molecular complexity index is 403. The van der Waals surface area contributed by atoms with E-state index in [1.807, 2.05) is 12.1 Å². The summed E-state index contributed by atoms with van der Waals surface area (Å²) in [5.41, 5.74) is 5.36. The van der Waals surface area contributed by atoms with Gasteiger partial charge in [-0.1, -0.05) is 6.07 Å². The van der Waals surface area contributed by atoms with Gasteiger partial charge in [-0.15, -0.1) is 0 Å². The number of aryl methyl sites for hydroxylation is 1. The molecule has 1 aliphatic heterocycles. The fourth-order valence-corrected chi connectivity index (χ4v) is 2.72. The first-order valence-corrected chi connectivity index (χ1v) is 6.97. The van der Waals surface area contributed by atoms with Crippen LogP contribution in [-0.4, -0.2) is 19.8 Å². The summed E-state index contributed by atoms with van der Waals surface area (Å²) in [4.78, 5) is 0. The highest BCUT2D eigenvalue weighted by atomic mass is 16.5. The van der Waals surface area contributed by atoms with Gasteiger partial charge >= 0.3 is 0 Å². The molecular weight excluding hydrogens is 240 g/mol. The number of nitrogens with one attached hydrogen (secondary N) is 1. The summed E-state index contributed by atoms with van der Waals surface area (Å²) < 4.78 is 10.9. The molecule has 1 aromatic rings. The lowest BCUT2D eigenvalue weighted by molar-refractivity contribution is 0.0996. The minimum atomic E-state index is 0.176. The van der Waals surface area contributed by atoms with Crippen LogP contribution in [-0.2, 0) is 4.74 Å². The maximum atomic E-state index is 5.71. The minimum Gasteiger partial charge on any atom is -0.497 e. The summed E-state index contributed by atoms with van der Waals surface area (Å²) in [7, 11) is 1.69. The zero-order chi connectivity index (χ0) is 13.7. The number of nitrogens with two attached hydrogens (primary N) is 1. The van der Waals surface area contributed by atoms with E-state index in [-0.39, 0.29) is 6.04 Å². The van der Waals surface area contributed by atoms with Crippen LogP contribution < -0.4 is 16.0 Å². The Morgan fingerprint density at radius 3 is 2.95 bits per heavy atom. The molecule has 1 fully saturated rings. The number of methoxy groups -OCH3 is 1. The Morgan fingerprint density at radius 1 is 1.53 bits per heavy atom. The lowest BCUT2D eigenvalue weighted by atomic mass is 9.96. The molecule has 3 N–H and O–H groups in total. The van der Waals surface area contributed by atoms with E-state index in [4.69, 9.17) is 15.3 Å². The monoisotopic (exact) mass is 264 g/mol. The van der Waals surface area contributed by atoms with Crippen LogP contribution in [0.4, 0.5) is 0 Å². The summed E-state index contributed by atoms with van der Waals surface area (Å²) in [5.74, 6) is 6.59. The molecule has 1 aliphatic rings. The standard InChI is InChI=1S/C15H24N2O2/c1-11-10-13(18-2)5-7-14(11)15(17-16)8-6-12-4-3-9-19-12/h5,7,10,12,15,17H,3-4,6,8-9,16H2,1-2H3. The molecular formula is C15H24N2O2. The van der Waals surface area contributed by atoms with Crippen molar-refractivity contribution in [3.05, 3.63) is 29.3 Å². The highest BCUT2D eigenvalue weighted by Gasteiger charge is 2.19. The van der Waals surface area contributed by atoms with Crippen LogP contribution in [0.2, 0.25) is 0 Å². The van der Waals surface area contributed by atoms with E-state index < -0.39 is 0 Å². The average molecular weight is 264 g/mol. The highest BCUT2D eigenvalue weighted by Crippen LogP contribution is 2.27. The Kier molecular flexibility index (Phi) is 5.19. The first kappa shape index (κ1) is 14.3. The van der Waals surface area contributed by atoms with Gasteiger partial charge < -0.3 is 9.47 Å². The third-order valence-electron chi connectivity index (χ3n) is 3.85. The fraction of sp³-hybridized carbons (Fsp3) is 0.600. The van der Waals surface area contributed by atoms with Gasteiger partial charge in [0.2, 0.25) is 0 Å². The van der Waals surface area contributed by atoms with Crippen LogP contribution in [0, 0.1) is 6.92 Å². The van der Waals surface area contributed by atoms with Crippen molar-refractivity contribution in [1.82, 2.24) is 5.43 Å². The van der Waals surface area contributed by atoms with Gasteiger partial charge in [0.05, 0.1) is 13.2 Å². The zero-order valence-electron chi connectivity index (χ0n) is 11.8. The van der Waals surface area contributed by atoms with Gasteiger partial charge in [-0.05, 0) is 55.9 Å². The van der Waals surface area contributed by atoms with Crippen LogP contribution in [0.25, 0.3) is 0 Å². The minimum absolute atomic E-state index is 0.176. The van der Waals surface area contributed by atoms with Crippen molar-refractivity contribution in [2.75, 3.05) is 13.7 Å². The molecule has 0 aliphatic carbocycles. The van der Waals surface area contributed by atoms with Gasteiger partial charge in [-0.3, -0.25) is 11.3 Å². The lowest BCUT2D eigenvalue weighted by Crippen LogP contribution is -2.29. The molecule has 2 unspecified atom stereocenters. The Labute approximate surface area is 115 Å². The fourth-order valence-electron chi connectivity index (χ4n) is 2.72. The molecule has 4 heteroatoms. The van der Waals surface area contributed by atoms with E-state index in [9.17, 15) is 0 Å². The van der Waals surface area contributed by atoms with E-state index in [0.717, 1.165) is 25.2 Å². The first-order chi connectivity index (χ1) is 9.24. The molecule has 2 atom stereocenters. The molecule has 0 radical (unpaired) electrons. The number of hydrazine groups is 1. The van der Waals surface area contributed by atoms with Gasteiger partial charge in [-0.2, -0.15) is 0 Å². The number of rotatable bonds is 6. The molecule has 19 heavy (non-hydrogen) atoms. The maximum absolute atomic E-state index is 5.71. The molecule has 2 rings (SSSR count). The molecule has 1 saturated heterocycles. The van der Waals surface area contributed by atoms with Gasteiger partial charge in [0.25, 0.3) is 0 Å². The molecule has 0 spiro atoms. The van der Waals surface area contributed by atoms with Crippen molar-refractivity contribution in [2.45, 2.75) is 44.8 Å². The normalized spacial score (nSPS) is 20.5. The predicted octanol–water partition coefficient (Wildman–Crippen LogP) is 2.47. The van der Waals surface area contributed by atoms with Crippen molar-refractivity contribution in [1.29, 1.82) is 0 Å². The summed E-state index contributed by atoms with van der Waals surface area (Å²) in [6, 6.07) is 6.30. The van der Waals surface area contributed by atoms with Gasteiger partial charge in [0.1, 0.15) is 5.75 Å². The topological polar surface area (TPSA) is 56.5 Å². The van der Waals surface area contributed by atoms with Crippen molar-refractivity contribution < 1.29 is 9.47 Å². The average Bonchev–Trinajstić information content (AvgIpc) is 2.94. The largest absolute Gasteiger partial charge is 0.497 e. The van der Waals surface area contributed by atoms with Crippen molar-refractivity contribution >= 4 is 0 Å². The third-order valence-corrected chi connectivity index (χ3v) is 3.85. The van der Waals surface area contributed by atoms with E-state index in [1.165, 1.54) is 24.0 Å². The van der Waals surface area contributed by atoms with E-state index >= 15 is 0 Å². The molecule has 1 aromatic carbocycles. The van der Waals surface area contributed by atoms with E-state index in [2.05, 4.69) is 18.4 Å². The summed E-state index contributed by atoms with van der Waals surface area (Å²) in [5, 5.41) is 0. The highest BCUT2D eigenvalue weighted by molar-refractivity contribution is 5.36. The molecule has 0 amide bonds. The van der Waals surface area contributed by atoms with Crippen LogP contribution in [0.15, 0.2) is 18.2 Å². The Hall–Kier alpha value is -1.10. The maximum Gasteiger partial charge on any atom is 0.119 e. The van der Waals surface area contributed by atoms with Crippen LogP contribution in [0.5, 0.6) is 5.75 Å². The Balaban J connectivity index is 1.99. The molecule has 1 heterocycles. The molecule has 4 nitrogen and oxygen atoms in total. The van der Waals surface area contributed by atoms with Crippen LogP contribution in [0.1, 0.15) is 42.9 Å². The van der Waals surface area contributed by atoms with Gasteiger partial charge in [-0.25, -0.2) is 0 Å². The van der Waals surface area contributed by atoms with Crippen molar-refractivity contribution in [3.63, 3.8) is 0 Å². The molecule has 106 valence electrons. The quantitative estimate of drug-likeness (QED) is 0.612. The number of ether oxygens (including phenoxy) is 2. The summed E-state index contributed by atoms with van der Waals surface area (Å²) in [6.45, 7) is 3.00. The van der Waals surface area contributed by atoms with Crippen molar-refractivity contribution in [3.8, 4) is 5.75 Å². The zero-order valence-corrected chi connectivity index (χ0v) is 11.8. The second kappa shape index (κ2) is 6.89. The summed E-state index contributed by atoms with van der Waals surface area (Å²) >= 11 is 0. The third kappa shape index (κ3) is 3.69. The molecule has 0 bridgehead atoms. The SMILES string of the molecule is COc1ccc(C(CCC2CCCO2)NN)c(C)c1. The second-order valence-electron chi connectivity index (χ2n) is 5.15. The van der Waals surface area contributed by atoms with Crippen LogP contribution in [0.3, 0.4) is 0 Å². The van der Waals surface area contributed by atoms with Gasteiger partial charge in [0, 0.05) is 12.6 Å². The number of benzene rings is 1. The van der Waals surface area contributed by atoms with Gasteiger partial charge in [0.15, 0.2) is 0 Å².